The summed E-state index contributed by atoms with van der Waals surface area (Å²) in [4.78, 5) is 9.70. The fourth-order valence-corrected chi connectivity index (χ4v) is 9.90. The second kappa shape index (κ2) is 19.4. The molecule has 5 nitrogen and oxygen atoms in total. The zero-order valence-corrected chi connectivity index (χ0v) is 46.8. The van der Waals surface area contributed by atoms with Crippen molar-refractivity contribution in [2.24, 2.45) is 0 Å². The molecule has 11 aromatic rings. The molecule has 7 aromatic carbocycles. The van der Waals surface area contributed by atoms with Gasteiger partial charge in [0.2, 0.25) is 0 Å². The molecule has 0 spiro atoms. The SMILES string of the molecule is CC(C)(C)c1ccnc(-c2[c-]cccc2)c1.[2H]C([2H])([2H])c1cccc2nc(-c3[c-]ccc4c3oc3c4ccc4c5ccccc5oc43)n(-c3c(C(C)C)cc(-c4cc(C(C)(C)C)cc(C(C)(C)C)c4)cc3C(C)C)c12.[Ir]. The quantitative estimate of drug-likeness (QED) is 0.156. The van der Waals surface area contributed by atoms with Crippen molar-refractivity contribution in [2.45, 2.75) is 125 Å². The molecule has 0 bridgehead atoms. The van der Waals surface area contributed by atoms with Crippen molar-refractivity contribution >= 4 is 54.9 Å². The molecule has 0 atom stereocenters. The van der Waals surface area contributed by atoms with Gasteiger partial charge in [0.15, 0.2) is 11.2 Å². The van der Waals surface area contributed by atoms with Crippen molar-refractivity contribution in [2.75, 3.05) is 0 Å². The van der Waals surface area contributed by atoms with Crippen LogP contribution in [0.1, 0.15) is 139 Å². The van der Waals surface area contributed by atoms with E-state index in [4.69, 9.17) is 17.9 Å². The minimum Gasteiger partial charge on any atom is -0.497 e. The van der Waals surface area contributed by atoms with Crippen LogP contribution in [0.3, 0.4) is 0 Å². The first kappa shape index (κ1) is 47.4. The molecule has 6 heteroatoms. The summed E-state index contributed by atoms with van der Waals surface area (Å²) in [5.41, 5.74) is 16.3. The van der Waals surface area contributed by atoms with Crippen molar-refractivity contribution in [3.8, 4) is 39.5 Å². The van der Waals surface area contributed by atoms with E-state index in [0.29, 0.717) is 39.2 Å². The first-order valence-corrected chi connectivity index (χ1v) is 25.4. The normalized spacial score (nSPS) is 13.2. The van der Waals surface area contributed by atoms with Gasteiger partial charge in [-0.1, -0.05) is 162 Å². The van der Waals surface area contributed by atoms with E-state index in [2.05, 4.69) is 172 Å². The van der Waals surface area contributed by atoms with E-state index < -0.39 is 6.85 Å². The van der Waals surface area contributed by atoms with Crippen LogP contribution in [0.5, 0.6) is 0 Å². The summed E-state index contributed by atoms with van der Waals surface area (Å²) >= 11 is 0. The smallest absolute Gasteiger partial charge is 0.177 e. The number of aryl methyl sites for hydroxylation is 1. The molecule has 1 radical (unpaired) electrons. The maximum Gasteiger partial charge on any atom is 0.177 e. The van der Waals surface area contributed by atoms with Crippen molar-refractivity contribution in [3.05, 3.63) is 185 Å². The topological polar surface area (TPSA) is 57.0 Å². The largest absolute Gasteiger partial charge is 0.497 e. The average Bonchev–Trinajstić information content (AvgIpc) is 4.07. The molecule has 4 aromatic heterocycles. The van der Waals surface area contributed by atoms with Crippen LogP contribution in [0.25, 0.3) is 94.4 Å². The van der Waals surface area contributed by atoms with E-state index >= 15 is 0 Å². The molecular weight excluding hydrogens is 1070 g/mol. The number of furan rings is 2. The Morgan fingerprint density at radius 2 is 1.18 bits per heavy atom. The molecule has 0 saturated heterocycles. The summed E-state index contributed by atoms with van der Waals surface area (Å²) in [6, 6.07) is 52.1. The number of pyridine rings is 1. The van der Waals surface area contributed by atoms with Gasteiger partial charge in [-0.3, -0.25) is 4.98 Å². The summed E-state index contributed by atoms with van der Waals surface area (Å²) in [7, 11) is 0. The third kappa shape index (κ3) is 9.61. The van der Waals surface area contributed by atoms with Gasteiger partial charge >= 0.3 is 0 Å². The number of imidazole rings is 1. The van der Waals surface area contributed by atoms with E-state index in [9.17, 15) is 0 Å². The second-order valence-corrected chi connectivity index (χ2v) is 23.1. The van der Waals surface area contributed by atoms with Crippen LogP contribution in [0.2, 0.25) is 0 Å². The molecular formula is C67H67IrN3O2-2. The molecule has 0 saturated carbocycles. The van der Waals surface area contributed by atoms with Crippen LogP contribution in [-0.4, -0.2) is 14.5 Å². The predicted octanol–water partition coefficient (Wildman–Crippen LogP) is 19.0. The molecule has 4 heterocycles. The number of nitrogens with zero attached hydrogens (tertiary/aromatic N) is 3. The Labute approximate surface area is 449 Å². The molecule has 0 aliphatic carbocycles. The van der Waals surface area contributed by atoms with Crippen LogP contribution in [-0.2, 0) is 36.4 Å². The Balaban J connectivity index is 0.000000355. The third-order valence-corrected chi connectivity index (χ3v) is 14.1. The third-order valence-electron chi connectivity index (χ3n) is 14.1. The first-order valence-electron chi connectivity index (χ1n) is 26.9. The van der Waals surface area contributed by atoms with Gasteiger partial charge in [-0.25, -0.2) is 0 Å². The zero-order chi connectivity index (χ0) is 53.5. The molecule has 0 aliphatic heterocycles. The molecule has 0 aliphatic rings. The number of benzene rings is 7. The van der Waals surface area contributed by atoms with Gasteiger partial charge in [0.1, 0.15) is 5.58 Å². The van der Waals surface area contributed by atoms with Gasteiger partial charge in [0.25, 0.3) is 0 Å². The maximum atomic E-state index is 8.77. The monoisotopic (exact) mass is 1140 g/mol. The Bertz CT molecular complexity index is 3890. The number of para-hydroxylation sites is 2. The Morgan fingerprint density at radius 1 is 0.562 bits per heavy atom. The van der Waals surface area contributed by atoms with Gasteiger partial charge in [0.05, 0.1) is 22.4 Å². The molecule has 11 rings (SSSR count). The summed E-state index contributed by atoms with van der Waals surface area (Å²) in [5, 5.41) is 3.84. The minimum absolute atomic E-state index is 0. The van der Waals surface area contributed by atoms with Crippen LogP contribution in [0.15, 0.2) is 148 Å². The van der Waals surface area contributed by atoms with E-state index in [0.717, 1.165) is 60.8 Å². The van der Waals surface area contributed by atoms with Crippen molar-refractivity contribution < 1.29 is 33.1 Å². The predicted molar refractivity (Wildman–Crippen MR) is 303 cm³/mol. The first-order chi connectivity index (χ1) is 35.4. The molecule has 0 N–H and O–H groups in total. The number of hydrogen-bond donors (Lipinski definition) is 0. The molecule has 0 unspecified atom stereocenters. The minimum atomic E-state index is -2.40. The van der Waals surface area contributed by atoms with Crippen molar-refractivity contribution in [1.29, 1.82) is 0 Å². The standard InChI is InChI=1S/C52H51N2O2.C15H16N.Ir/c1-29(2)41-26-33(32-24-34(51(6,7)8)28-35(25-32)52(9,10)11)27-42(30(3)4)46(41)54-45-31(5)16-14-20-43(45)53-50(54)40-19-15-18-37-39-23-22-38-36-17-12-13-21-44(36)55-48(38)49(39)56-47(37)40;1-15(2,3)13-9-10-16-14(11-13)12-7-5-4-6-8-12;/h12-18,20-30H,1-11H3;4-7,9-11H,1-3H3;/q2*-1;/i5D3;;. The van der Waals surface area contributed by atoms with E-state index in [-0.39, 0.29) is 53.7 Å². The van der Waals surface area contributed by atoms with E-state index in [1.807, 2.05) is 66.9 Å². The van der Waals surface area contributed by atoms with Gasteiger partial charge in [-0.05, 0) is 122 Å². The van der Waals surface area contributed by atoms with Gasteiger partial charge in [0, 0.05) is 52.3 Å². The Kier molecular flexibility index (Phi) is 12.6. The fraction of sp³-hybridized carbons (Fsp3) is 0.284. The van der Waals surface area contributed by atoms with Gasteiger partial charge in [-0.15, -0.1) is 54.1 Å². The summed E-state index contributed by atoms with van der Waals surface area (Å²) in [5.74, 6) is 0.726. The van der Waals surface area contributed by atoms with Gasteiger partial charge in [-0.2, -0.15) is 0 Å². The maximum absolute atomic E-state index is 8.77. The van der Waals surface area contributed by atoms with Gasteiger partial charge < -0.3 is 18.4 Å². The van der Waals surface area contributed by atoms with Crippen LogP contribution < -0.4 is 0 Å². The molecule has 0 fully saturated rings. The van der Waals surface area contributed by atoms with E-state index in [1.54, 1.807) is 12.1 Å². The molecule has 373 valence electrons. The fourth-order valence-electron chi connectivity index (χ4n) is 9.90. The summed E-state index contributed by atoms with van der Waals surface area (Å²) < 4.78 is 41.7. The zero-order valence-electron chi connectivity index (χ0n) is 47.4. The Hall–Kier alpha value is -6.59. The summed E-state index contributed by atoms with van der Waals surface area (Å²) in [6.45, 7) is 26.7. The number of aromatic nitrogens is 3. The van der Waals surface area contributed by atoms with Crippen LogP contribution in [0, 0.1) is 19.0 Å². The molecule has 73 heavy (non-hydrogen) atoms. The van der Waals surface area contributed by atoms with Crippen molar-refractivity contribution in [1.82, 2.24) is 14.5 Å². The van der Waals surface area contributed by atoms with Crippen molar-refractivity contribution in [3.63, 3.8) is 0 Å². The van der Waals surface area contributed by atoms with Crippen LogP contribution in [0.4, 0.5) is 0 Å². The number of hydrogen-bond acceptors (Lipinski definition) is 4. The van der Waals surface area contributed by atoms with Crippen LogP contribution >= 0.6 is 0 Å². The average molecular weight is 1140 g/mol. The number of rotatable bonds is 6. The van der Waals surface area contributed by atoms with E-state index in [1.165, 1.54) is 22.3 Å². The number of fused-ring (bicyclic) bond motifs is 8. The summed E-state index contributed by atoms with van der Waals surface area (Å²) in [6.07, 6.45) is 1.87. The Morgan fingerprint density at radius 3 is 1.81 bits per heavy atom. The second-order valence-electron chi connectivity index (χ2n) is 23.1. The molecule has 0 amide bonds.